The van der Waals surface area contributed by atoms with E-state index in [4.69, 9.17) is 4.74 Å². The zero-order valence-electron chi connectivity index (χ0n) is 13.2. The Labute approximate surface area is 138 Å². The van der Waals surface area contributed by atoms with Gasteiger partial charge >= 0.3 is 0 Å². The van der Waals surface area contributed by atoms with Gasteiger partial charge in [0.2, 0.25) is 15.0 Å². The number of aromatic amines is 1. The van der Waals surface area contributed by atoms with Crippen LogP contribution in [0.4, 0.5) is 4.39 Å². The molecule has 3 aromatic rings. The van der Waals surface area contributed by atoms with Crippen molar-refractivity contribution in [1.29, 1.82) is 0 Å². The van der Waals surface area contributed by atoms with Crippen molar-refractivity contribution in [3.63, 3.8) is 0 Å². The van der Waals surface area contributed by atoms with E-state index in [1.807, 2.05) is 6.92 Å². The second-order valence-electron chi connectivity index (χ2n) is 5.28. The van der Waals surface area contributed by atoms with Gasteiger partial charge in [-0.1, -0.05) is 0 Å². The van der Waals surface area contributed by atoms with Crippen LogP contribution in [-0.2, 0) is 15.6 Å². The molecule has 2 aromatic heterocycles. The van der Waals surface area contributed by atoms with Gasteiger partial charge in [0.1, 0.15) is 17.3 Å². The second-order valence-corrected chi connectivity index (χ2v) is 7.18. The lowest BCUT2D eigenvalue weighted by Crippen LogP contribution is -2.10. The highest BCUT2D eigenvalue weighted by atomic mass is 32.2. The maximum Gasteiger partial charge on any atom is 0.226 e. The zero-order chi connectivity index (χ0) is 17.3. The van der Waals surface area contributed by atoms with Crippen LogP contribution in [0, 0.1) is 12.7 Å². The Kier molecular flexibility index (Phi) is 4.23. The van der Waals surface area contributed by atoms with E-state index < -0.39 is 15.7 Å². The Bertz CT molecular complexity index is 999. The van der Waals surface area contributed by atoms with Crippen molar-refractivity contribution in [2.24, 2.45) is 0 Å². The van der Waals surface area contributed by atoms with Crippen LogP contribution >= 0.6 is 0 Å². The summed E-state index contributed by atoms with van der Waals surface area (Å²) in [5.74, 6) is -0.188. The van der Waals surface area contributed by atoms with E-state index in [-0.39, 0.29) is 16.4 Å². The van der Waals surface area contributed by atoms with E-state index in [2.05, 4.69) is 15.0 Å². The quantitative estimate of drug-likeness (QED) is 0.765. The van der Waals surface area contributed by atoms with E-state index in [1.165, 1.54) is 24.4 Å². The first-order chi connectivity index (χ1) is 11.4. The summed E-state index contributed by atoms with van der Waals surface area (Å²) in [6.45, 7) is 4.09. The summed E-state index contributed by atoms with van der Waals surface area (Å²) in [5, 5.41) is -0.203. The fourth-order valence-electron chi connectivity index (χ4n) is 2.37. The molecule has 1 aromatic carbocycles. The van der Waals surface area contributed by atoms with Crippen LogP contribution in [-0.4, -0.2) is 30.0 Å². The van der Waals surface area contributed by atoms with Crippen LogP contribution in [0.5, 0.6) is 5.75 Å². The molecule has 8 heteroatoms. The van der Waals surface area contributed by atoms with E-state index in [1.54, 1.807) is 13.0 Å². The number of H-pyrrole nitrogens is 1. The van der Waals surface area contributed by atoms with Gasteiger partial charge in [0.05, 0.1) is 23.3 Å². The van der Waals surface area contributed by atoms with Gasteiger partial charge in [0.25, 0.3) is 0 Å². The highest BCUT2D eigenvalue weighted by Crippen LogP contribution is 2.24. The number of nitrogens with one attached hydrogen (secondary N) is 1. The van der Waals surface area contributed by atoms with Gasteiger partial charge in [-0.25, -0.2) is 17.8 Å². The van der Waals surface area contributed by atoms with Crippen LogP contribution in [0.15, 0.2) is 35.6 Å². The molecule has 0 unspecified atom stereocenters. The van der Waals surface area contributed by atoms with Crippen molar-refractivity contribution in [1.82, 2.24) is 15.0 Å². The second kappa shape index (κ2) is 6.20. The molecule has 0 spiro atoms. The molecule has 0 aliphatic rings. The number of aromatic nitrogens is 3. The average Bonchev–Trinajstić information content (AvgIpc) is 2.95. The van der Waals surface area contributed by atoms with Gasteiger partial charge in [-0.2, -0.15) is 0 Å². The molecular formula is C16H16FN3O3S. The normalized spacial score (nSPS) is 11.8. The van der Waals surface area contributed by atoms with Crippen LogP contribution < -0.4 is 4.74 Å². The van der Waals surface area contributed by atoms with Crippen LogP contribution in [0.1, 0.15) is 18.2 Å². The molecule has 0 saturated heterocycles. The fraction of sp³-hybridized carbons (Fsp3) is 0.250. The summed E-state index contributed by atoms with van der Waals surface area (Å²) in [4.78, 5) is 10.8. The van der Waals surface area contributed by atoms with Gasteiger partial charge in [-0.3, -0.25) is 4.98 Å². The van der Waals surface area contributed by atoms with Crippen molar-refractivity contribution in [3.05, 3.63) is 47.5 Å². The molecule has 0 bridgehead atoms. The summed E-state index contributed by atoms with van der Waals surface area (Å²) in [7, 11) is -3.75. The number of benzene rings is 1. The summed E-state index contributed by atoms with van der Waals surface area (Å²) >= 11 is 0. The third-order valence-corrected chi connectivity index (χ3v) is 5.04. The predicted molar refractivity (Wildman–Crippen MR) is 87.1 cm³/mol. The SMILES string of the molecule is CCOc1ccnc(CS(=O)(=O)c2nc3cc(F)ccc3[nH]2)c1C. The average molecular weight is 349 g/mol. The molecule has 0 aliphatic heterocycles. The number of sulfone groups is 1. The first-order valence-corrected chi connectivity index (χ1v) is 9.01. The standard InChI is InChI=1S/C16H16FN3O3S/c1-3-23-15-6-7-18-14(10(15)2)9-24(21,22)16-19-12-5-4-11(17)8-13(12)20-16/h4-8H,3,9H2,1-2H3,(H,19,20). The van der Waals surface area contributed by atoms with Crippen molar-refractivity contribution < 1.29 is 17.5 Å². The van der Waals surface area contributed by atoms with Crippen LogP contribution in [0.3, 0.4) is 0 Å². The fourth-order valence-corrected chi connectivity index (χ4v) is 3.66. The van der Waals surface area contributed by atoms with Crippen molar-refractivity contribution in [3.8, 4) is 5.75 Å². The molecule has 6 nitrogen and oxygen atoms in total. The van der Waals surface area contributed by atoms with Gasteiger partial charge < -0.3 is 9.72 Å². The smallest absolute Gasteiger partial charge is 0.226 e. The van der Waals surface area contributed by atoms with Gasteiger partial charge in [0.15, 0.2) is 0 Å². The topological polar surface area (TPSA) is 84.9 Å². The number of pyridine rings is 1. The number of hydrogen-bond donors (Lipinski definition) is 1. The molecule has 126 valence electrons. The zero-order valence-corrected chi connectivity index (χ0v) is 14.0. The Morgan fingerprint density at radius 2 is 2.08 bits per heavy atom. The molecule has 0 radical (unpaired) electrons. The Morgan fingerprint density at radius 3 is 2.83 bits per heavy atom. The van der Waals surface area contributed by atoms with Gasteiger partial charge in [-0.05, 0) is 32.0 Å². The largest absolute Gasteiger partial charge is 0.493 e. The number of ether oxygens (including phenoxy) is 1. The molecule has 3 rings (SSSR count). The number of fused-ring (bicyclic) bond motifs is 1. The summed E-state index contributed by atoms with van der Waals surface area (Å²) in [6, 6.07) is 5.58. The molecule has 2 heterocycles. The predicted octanol–water partition coefficient (Wildman–Crippen LogP) is 2.78. The number of hydrogen-bond acceptors (Lipinski definition) is 5. The minimum Gasteiger partial charge on any atom is -0.493 e. The number of imidazole rings is 1. The van der Waals surface area contributed by atoms with E-state index in [9.17, 15) is 12.8 Å². The molecule has 1 N–H and O–H groups in total. The minimum atomic E-state index is -3.75. The van der Waals surface area contributed by atoms with Gasteiger partial charge in [-0.15, -0.1) is 0 Å². The third-order valence-electron chi connectivity index (χ3n) is 3.60. The lowest BCUT2D eigenvalue weighted by Gasteiger charge is -2.10. The molecule has 24 heavy (non-hydrogen) atoms. The maximum atomic E-state index is 13.2. The van der Waals surface area contributed by atoms with E-state index in [0.717, 1.165) is 0 Å². The summed E-state index contributed by atoms with van der Waals surface area (Å²) < 4.78 is 43.9. The Hall–Kier alpha value is -2.48. The Morgan fingerprint density at radius 1 is 1.29 bits per heavy atom. The molecule has 0 fully saturated rings. The first-order valence-electron chi connectivity index (χ1n) is 7.36. The highest BCUT2D eigenvalue weighted by Gasteiger charge is 2.22. The lowest BCUT2D eigenvalue weighted by molar-refractivity contribution is 0.337. The summed E-state index contributed by atoms with van der Waals surface area (Å²) in [5.41, 5.74) is 1.79. The van der Waals surface area contributed by atoms with Crippen molar-refractivity contribution in [2.75, 3.05) is 6.61 Å². The maximum absolute atomic E-state index is 13.2. The number of nitrogens with zero attached hydrogens (tertiary/aromatic N) is 2. The molecule has 0 amide bonds. The summed E-state index contributed by atoms with van der Waals surface area (Å²) in [6.07, 6.45) is 1.51. The minimum absolute atomic E-state index is 0.203. The van der Waals surface area contributed by atoms with Crippen molar-refractivity contribution in [2.45, 2.75) is 24.8 Å². The van der Waals surface area contributed by atoms with Crippen LogP contribution in [0.2, 0.25) is 0 Å². The van der Waals surface area contributed by atoms with E-state index in [0.29, 0.717) is 29.1 Å². The number of halogens is 1. The third kappa shape index (κ3) is 3.09. The van der Waals surface area contributed by atoms with Crippen molar-refractivity contribution >= 4 is 20.9 Å². The molecule has 0 atom stereocenters. The highest BCUT2D eigenvalue weighted by molar-refractivity contribution is 7.90. The van der Waals surface area contributed by atoms with E-state index >= 15 is 0 Å². The monoisotopic (exact) mass is 349 g/mol. The molecular weight excluding hydrogens is 333 g/mol. The van der Waals surface area contributed by atoms with Gasteiger partial charge in [0, 0.05) is 17.8 Å². The van der Waals surface area contributed by atoms with Crippen LogP contribution in [0.25, 0.3) is 11.0 Å². The molecule has 0 aliphatic carbocycles. The number of rotatable bonds is 5. The molecule has 0 saturated carbocycles. The Balaban J connectivity index is 1.97. The lowest BCUT2D eigenvalue weighted by atomic mass is 10.2. The first kappa shape index (κ1) is 16.4.